The second-order valence-electron chi connectivity index (χ2n) is 8.33. The molecule has 0 radical (unpaired) electrons. The van der Waals surface area contributed by atoms with Crippen molar-refractivity contribution in [3.05, 3.63) is 95.6 Å². The Balaban J connectivity index is 1.51. The smallest absolute Gasteiger partial charge is 0.244 e. The second kappa shape index (κ2) is 7.79. The summed E-state index contributed by atoms with van der Waals surface area (Å²) in [7, 11) is -1.94. The average molecular weight is 435 g/mol. The standard InChI is InChI=1S/C25H26N2O3S/c1-30-22-13-11-21(12-14-22)18-27-25(23-9-5-6-10-24(23)31(27,28)29)15-16-26(19-25)17-20-7-3-2-4-8-20/h2-14H,15-19H2,1H3. The van der Waals surface area contributed by atoms with Crippen molar-refractivity contribution in [2.75, 3.05) is 20.2 Å². The summed E-state index contributed by atoms with van der Waals surface area (Å²) in [6.45, 7) is 2.72. The molecule has 2 aliphatic heterocycles. The number of hydrogen-bond acceptors (Lipinski definition) is 4. The summed E-state index contributed by atoms with van der Waals surface area (Å²) in [5.74, 6) is 0.765. The minimum absolute atomic E-state index is 0.347. The molecule has 0 N–H and O–H groups in total. The van der Waals surface area contributed by atoms with Crippen LogP contribution in [0.15, 0.2) is 83.8 Å². The third-order valence-electron chi connectivity index (χ3n) is 6.49. The second-order valence-corrected chi connectivity index (χ2v) is 10.2. The van der Waals surface area contributed by atoms with Gasteiger partial charge in [-0.2, -0.15) is 4.31 Å². The summed E-state index contributed by atoms with van der Waals surface area (Å²) in [5, 5.41) is 0. The number of benzene rings is 3. The molecule has 160 valence electrons. The summed E-state index contributed by atoms with van der Waals surface area (Å²) in [6.07, 6.45) is 0.784. The lowest BCUT2D eigenvalue weighted by Crippen LogP contribution is -2.45. The summed E-state index contributed by atoms with van der Waals surface area (Å²) in [4.78, 5) is 2.82. The Morgan fingerprint density at radius 1 is 0.871 bits per heavy atom. The van der Waals surface area contributed by atoms with Crippen LogP contribution in [0.2, 0.25) is 0 Å². The quantitative estimate of drug-likeness (QED) is 0.609. The molecule has 3 aromatic rings. The zero-order valence-electron chi connectivity index (χ0n) is 17.6. The van der Waals surface area contributed by atoms with E-state index < -0.39 is 15.6 Å². The Labute approximate surface area is 183 Å². The summed E-state index contributed by atoms with van der Waals surface area (Å²) >= 11 is 0. The zero-order valence-corrected chi connectivity index (χ0v) is 18.4. The molecule has 2 heterocycles. The van der Waals surface area contributed by atoms with Crippen molar-refractivity contribution in [2.24, 2.45) is 0 Å². The normalized spacial score (nSPS) is 22.6. The Morgan fingerprint density at radius 2 is 1.55 bits per heavy atom. The number of hydrogen-bond donors (Lipinski definition) is 0. The van der Waals surface area contributed by atoms with Gasteiger partial charge in [0.2, 0.25) is 10.0 Å². The highest BCUT2D eigenvalue weighted by atomic mass is 32.2. The van der Waals surface area contributed by atoms with E-state index >= 15 is 0 Å². The van der Waals surface area contributed by atoms with Crippen molar-refractivity contribution in [3.63, 3.8) is 0 Å². The molecule has 31 heavy (non-hydrogen) atoms. The molecule has 1 saturated heterocycles. The van der Waals surface area contributed by atoms with E-state index in [-0.39, 0.29) is 0 Å². The van der Waals surface area contributed by atoms with E-state index in [2.05, 4.69) is 17.0 Å². The van der Waals surface area contributed by atoms with Gasteiger partial charge in [0.25, 0.3) is 0 Å². The predicted molar refractivity (Wildman–Crippen MR) is 120 cm³/mol. The van der Waals surface area contributed by atoms with E-state index in [0.717, 1.165) is 36.4 Å². The van der Waals surface area contributed by atoms with Gasteiger partial charge in [-0.15, -0.1) is 0 Å². The maximum absolute atomic E-state index is 13.6. The molecule has 5 rings (SSSR count). The van der Waals surface area contributed by atoms with Gasteiger partial charge in [0.1, 0.15) is 5.75 Å². The number of fused-ring (bicyclic) bond motifs is 2. The van der Waals surface area contributed by atoms with Gasteiger partial charge in [0, 0.05) is 26.2 Å². The molecule has 0 bridgehead atoms. The first kappa shape index (κ1) is 20.2. The van der Waals surface area contributed by atoms with Crippen LogP contribution in [-0.2, 0) is 28.7 Å². The number of nitrogens with zero attached hydrogens (tertiary/aromatic N) is 2. The van der Waals surface area contributed by atoms with Gasteiger partial charge in [-0.05, 0) is 41.3 Å². The fourth-order valence-corrected chi connectivity index (χ4v) is 7.01. The Bertz CT molecular complexity index is 1180. The van der Waals surface area contributed by atoms with Gasteiger partial charge in [-0.3, -0.25) is 4.90 Å². The minimum Gasteiger partial charge on any atom is -0.497 e. The number of ether oxygens (including phenoxy) is 1. The Hall–Kier alpha value is -2.67. The maximum Gasteiger partial charge on any atom is 0.244 e. The lowest BCUT2D eigenvalue weighted by Gasteiger charge is -2.34. The van der Waals surface area contributed by atoms with Crippen LogP contribution in [0.25, 0.3) is 0 Å². The molecular formula is C25H26N2O3S. The molecule has 5 nitrogen and oxygen atoms in total. The van der Waals surface area contributed by atoms with Crippen molar-refractivity contribution in [1.29, 1.82) is 0 Å². The van der Waals surface area contributed by atoms with Gasteiger partial charge in [0.15, 0.2) is 0 Å². The van der Waals surface area contributed by atoms with Crippen LogP contribution in [0.1, 0.15) is 23.1 Å². The molecule has 1 unspecified atom stereocenters. The number of rotatable bonds is 5. The van der Waals surface area contributed by atoms with E-state index in [4.69, 9.17) is 4.74 Å². The average Bonchev–Trinajstić information content (AvgIpc) is 3.29. The zero-order chi connectivity index (χ0) is 21.5. The van der Waals surface area contributed by atoms with Gasteiger partial charge >= 0.3 is 0 Å². The van der Waals surface area contributed by atoms with Crippen molar-refractivity contribution in [2.45, 2.75) is 29.9 Å². The molecule has 0 aliphatic carbocycles. The number of sulfonamides is 1. The summed E-state index contributed by atoms with van der Waals surface area (Å²) in [5.41, 5.74) is 2.59. The molecule has 6 heteroatoms. The van der Waals surface area contributed by atoms with Crippen LogP contribution in [0.5, 0.6) is 5.75 Å². The van der Waals surface area contributed by atoms with E-state index in [1.54, 1.807) is 17.5 Å². The topological polar surface area (TPSA) is 49.9 Å². The van der Waals surface area contributed by atoms with Crippen molar-refractivity contribution >= 4 is 10.0 Å². The highest BCUT2D eigenvalue weighted by molar-refractivity contribution is 7.89. The molecule has 0 aromatic heterocycles. The van der Waals surface area contributed by atoms with E-state index in [0.29, 0.717) is 18.0 Å². The number of likely N-dealkylation sites (tertiary alicyclic amines) is 1. The largest absolute Gasteiger partial charge is 0.497 e. The molecule has 0 amide bonds. The SMILES string of the molecule is COc1ccc(CN2C3(CCN(Cc4ccccc4)C3)c3ccccc3S2(=O)=O)cc1. The molecule has 0 saturated carbocycles. The van der Waals surface area contributed by atoms with Crippen LogP contribution in [0.3, 0.4) is 0 Å². The Kier molecular flexibility index (Phi) is 5.08. The predicted octanol–water partition coefficient (Wildman–Crippen LogP) is 4.00. The highest BCUT2D eigenvalue weighted by Crippen LogP contribution is 2.50. The van der Waals surface area contributed by atoms with E-state index in [1.165, 1.54) is 5.56 Å². The molecule has 2 aliphatic rings. The first-order chi connectivity index (χ1) is 15.0. The van der Waals surface area contributed by atoms with Gasteiger partial charge in [-0.1, -0.05) is 60.7 Å². The molecular weight excluding hydrogens is 408 g/mol. The van der Waals surface area contributed by atoms with E-state index in [9.17, 15) is 8.42 Å². The minimum atomic E-state index is -3.57. The first-order valence-corrected chi connectivity index (χ1v) is 12.0. The maximum atomic E-state index is 13.6. The molecule has 1 atom stereocenters. The Morgan fingerprint density at radius 3 is 2.29 bits per heavy atom. The first-order valence-electron chi connectivity index (χ1n) is 10.5. The molecule has 3 aromatic carbocycles. The van der Waals surface area contributed by atoms with E-state index in [1.807, 2.05) is 60.7 Å². The van der Waals surface area contributed by atoms with Crippen molar-refractivity contribution in [1.82, 2.24) is 9.21 Å². The third kappa shape index (κ3) is 3.45. The van der Waals surface area contributed by atoms with Crippen LogP contribution in [-0.4, -0.2) is 37.8 Å². The summed E-state index contributed by atoms with van der Waals surface area (Å²) < 4.78 is 34.2. The van der Waals surface area contributed by atoms with Crippen molar-refractivity contribution < 1.29 is 13.2 Å². The lowest BCUT2D eigenvalue weighted by atomic mass is 9.88. The van der Waals surface area contributed by atoms with Gasteiger partial charge < -0.3 is 4.74 Å². The van der Waals surface area contributed by atoms with Crippen molar-refractivity contribution in [3.8, 4) is 5.75 Å². The van der Waals surface area contributed by atoms with Crippen LogP contribution in [0.4, 0.5) is 0 Å². The van der Waals surface area contributed by atoms with Crippen LogP contribution >= 0.6 is 0 Å². The number of methoxy groups -OCH3 is 1. The van der Waals surface area contributed by atoms with Crippen LogP contribution < -0.4 is 4.74 Å². The fourth-order valence-electron chi connectivity index (χ4n) is 4.96. The fraction of sp³-hybridized carbons (Fsp3) is 0.280. The molecule has 1 fully saturated rings. The summed E-state index contributed by atoms with van der Waals surface area (Å²) in [6, 6.07) is 25.5. The van der Waals surface area contributed by atoms with Gasteiger partial charge in [0.05, 0.1) is 17.5 Å². The lowest BCUT2D eigenvalue weighted by molar-refractivity contribution is 0.184. The third-order valence-corrected chi connectivity index (χ3v) is 8.47. The molecule has 1 spiro atoms. The monoisotopic (exact) mass is 434 g/mol. The van der Waals surface area contributed by atoms with Crippen LogP contribution in [0, 0.1) is 0 Å². The highest BCUT2D eigenvalue weighted by Gasteiger charge is 2.56. The van der Waals surface area contributed by atoms with Gasteiger partial charge in [-0.25, -0.2) is 8.42 Å².